The molecule has 0 spiro atoms. The summed E-state index contributed by atoms with van der Waals surface area (Å²) in [5.74, 6) is -1.02. The highest BCUT2D eigenvalue weighted by atomic mass is 79.9. The van der Waals surface area contributed by atoms with Crippen LogP contribution in [0, 0.1) is 11.3 Å². The second-order valence-corrected chi connectivity index (χ2v) is 3.61. The van der Waals surface area contributed by atoms with Crippen LogP contribution in [0.5, 0.6) is 0 Å². The van der Waals surface area contributed by atoms with Crippen molar-refractivity contribution in [2.45, 2.75) is 13.3 Å². The second kappa shape index (κ2) is 4.25. The van der Waals surface area contributed by atoms with Crippen molar-refractivity contribution in [2.75, 3.05) is 0 Å². The molecule has 14 heavy (non-hydrogen) atoms. The van der Waals surface area contributed by atoms with Gasteiger partial charge in [0.1, 0.15) is 0 Å². The fraction of sp³-hybridized carbons (Fsp3) is 0.200. The summed E-state index contributed by atoms with van der Waals surface area (Å²) in [4.78, 5) is 10.7. The first-order valence-corrected chi connectivity index (χ1v) is 4.85. The first-order valence-electron chi connectivity index (χ1n) is 4.06. The van der Waals surface area contributed by atoms with E-state index >= 15 is 0 Å². The van der Waals surface area contributed by atoms with Crippen LogP contribution in [0.1, 0.15) is 28.4 Å². The Hall–Kier alpha value is -1.34. The molecule has 0 aromatic heterocycles. The van der Waals surface area contributed by atoms with Gasteiger partial charge >= 0.3 is 5.97 Å². The molecule has 1 aromatic rings. The lowest BCUT2D eigenvalue weighted by molar-refractivity contribution is 0.0697. The van der Waals surface area contributed by atoms with Crippen LogP contribution in [0.25, 0.3) is 0 Å². The third kappa shape index (κ3) is 1.94. The number of carbonyl (C=O) groups is 1. The van der Waals surface area contributed by atoms with Crippen molar-refractivity contribution >= 4 is 21.9 Å². The van der Waals surface area contributed by atoms with Crippen LogP contribution in [0.4, 0.5) is 0 Å². The Kier molecular flexibility index (Phi) is 3.26. The molecular weight excluding hydrogens is 246 g/mol. The Morgan fingerprint density at radius 2 is 2.29 bits per heavy atom. The van der Waals surface area contributed by atoms with E-state index in [-0.39, 0.29) is 5.56 Å². The van der Waals surface area contributed by atoms with Crippen molar-refractivity contribution in [2.24, 2.45) is 0 Å². The Bertz CT molecular complexity index is 421. The van der Waals surface area contributed by atoms with Crippen LogP contribution in [0.3, 0.4) is 0 Å². The van der Waals surface area contributed by atoms with Gasteiger partial charge in [-0.3, -0.25) is 0 Å². The average Bonchev–Trinajstić information content (AvgIpc) is 2.16. The lowest BCUT2D eigenvalue weighted by Gasteiger charge is -2.05. The molecule has 0 unspecified atom stereocenters. The number of halogens is 1. The Labute approximate surface area is 90.1 Å². The molecule has 0 saturated carbocycles. The third-order valence-corrected chi connectivity index (χ3v) is 2.62. The number of carboxylic acids is 1. The van der Waals surface area contributed by atoms with E-state index in [0.717, 1.165) is 5.56 Å². The first kappa shape index (κ1) is 10.7. The van der Waals surface area contributed by atoms with Crippen LogP contribution in [-0.4, -0.2) is 11.1 Å². The first-order chi connectivity index (χ1) is 6.60. The van der Waals surface area contributed by atoms with Gasteiger partial charge in [0.25, 0.3) is 0 Å². The maximum Gasteiger partial charge on any atom is 0.335 e. The summed E-state index contributed by atoms with van der Waals surface area (Å²) in [6.07, 6.45) is 0.698. The zero-order valence-corrected chi connectivity index (χ0v) is 9.13. The molecule has 0 radical (unpaired) electrons. The molecule has 72 valence electrons. The van der Waals surface area contributed by atoms with Gasteiger partial charge in [0.15, 0.2) is 0 Å². The SMILES string of the molecule is CCc1c(Br)cc(C(=O)O)cc1C#N. The summed E-state index contributed by atoms with van der Waals surface area (Å²) in [6.45, 7) is 1.92. The molecule has 4 heteroatoms. The van der Waals surface area contributed by atoms with E-state index in [2.05, 4.69) is 15.9 Å². The number of nitrogens with zero attached hydrogens (tertiary/aromatic N) is 1. The predicted octanol–water partition coefficient (Wildman–Crippen LogP) is 2.58. The molecule has 0 aliphatic carbocycles. The van der Waals surface area contributed by atoms with Gasteiger partial charge in [0.05, 0.1) is 17.2 Å². The molecule has 1 N–H and O–H groups in total. The predicted molar refractivity (Wildman–Crippen MR) is 55.2 cm³/mol. The minimum atomic E-state index is -1.02. The normalized spacial score (nSPS) is 9.50. The highest BCUT2D eigenvalue weighted by Crippen LogP contribution is 2.23. The summed E-state index contributed by atoms with van der Waals surface area (Å²) in [7, 11) is 0. The monoisotopic (exact) mass is 253 g/mol. The van der Waals surface area contributed by atoms with Crippen LogP contribution >= 0.6 is 15.9 Å². The topological polar surface area (TPSA) is 61.1 Å². The Morgan fingerprint density at radius 3 is 2.71 bits per heavy atom. The van der Waals surface area contributed by atoms with Crippen molar-refractivity contribution in [3.05, 3.63) is 33.3 Å². The van der Waals surface area contributed by atoms with Crippen LogP contribution < -0.4 is 0 Å². The summed E-state index contributed by atoms with van der Waals surface area (Å²) in [6, 6.07) is 4.90. The van der Waals surface area contributed by atoms with E-state index in [4.69, 9.17) is 10.4 Å². The van der Waals surface area contributed by atoms with Crippen molar-refractivity contribution < 1.29 is 9.90 Å². The van der Waals surface area contributed by atoms with Gasteiger partial charge < -0.3 is 5.11 Å². The summed E-state index contributed by atoms with van der Waals surface area (Å²) < 4.78 is 0.677. The summed E-state index contributed by atoms with van der Waals surface area (Å²) in [5, 5.41) is 17.6. The fourth-order valence-electron chi connectivity index (χ4n) is 1.22. The molecule has 1 aromatic carbocycles. The van der Waals surface area contributed by atoms with Crippen molar-refractivity contribution in [3.63, 3.8) is 0 Å². The van der Waals surface area contributed by atoms with E-state index in [1.54, 1.807) is 0 Å². The lowest BCUT2D eigenvalue weighted by atomic mass is 10.0. The van der Waals surface area contributed by atoms with E-state index in [0.29, 0.717) is 16.5 Å². The Balaban J connectivity index is 3.41. The largest absolute Gasteiger partial charge is 0.478 e. The van der Waals surface area contributed by atoms with E-state index in [9.17, 15) is 4.79 Å². The quantitative estimate of drug-likeness (QED) is 0.882. The van der Waals surface area contributed by atoms with Crippen molar-refractivity contribution in [1.29, 1.82) is 5.26 Å². The average molecular weight is 254 g/mol. The Morgan fingerprint density at radius 1 is 1.64 bits per heavy atom. The molecule has 0 bridgehead atoms. The standard InChI is InChI=1S/C10H8BrNO2/c1-2-8-7(5-12)3-6(10(13)14)4-9(8)11/h3-4H,2H2,1H3,(H,13,14). The zero-order valence-electron chi connectivity index (χ0n) is 7.54. The number of carboxylic acid groups (broad SMARTS) is 1. The maximum absolute atomic E-state index is 10.7. The minimum absolute atomic E-state index is 0.130. The van der Waals surface area contributed by atoms with Crippen molar-refractivity contribution in [3.8, 4) is 6.07 Å². The molecule has 0 aliphatic rings. The van der Waals surface area contributed by atoms with Gasteiger partial charge in [0, 0.05) is 4.47 Å². The molecule has 3 nitrogen and oxygen atoms in total. The van der Waals surface area contributed by atoms with Crippen LogP contribution in [-0.2, 0) is 6.42 Å². The fourth-order valence-corrected chi connectivity index (χ4v) is 1.96. The van der Waals surface area contributed by atoms with E-state index in [1.165, 1.54) is 12.1 Å². The number of hydrogen-bond donors (Lipinski definition) is 1. The molecule has 0 amide bonds. The van der Waals surface area contributed by atoms with Crippen molar-refractivity contribution in [1.82, 2.24) is 0 Å². The molecule has 0 saturated heterocycles. The van der Waals surface area contributed by atoms with Crippen LogP contribution in [0.15, 0.2) is 16.6 Å². The molecule has 0 aliphatic heterocycles. The zero-order chi connectivity index (χ0) is 10.7. The smallest absolute Gasteiger partial charge is 0.335 e. The van der Waals surface area contributed by atoms with E-state index < -0.39 is 5.97 Å². The van der Waals surface area contributed by atoms with Gasteiger partial charge in [-0.25, -0.2) is 4.79 Å². The van der Waals surface area contributed by atoms with Gasteiger partial charge in [-0.15, -0.1) is 0 Å². The summed E-state index contributed by atoms with van der Waals surface area (Å²) >= 11 is 3.25. The minimum Gasteiger partial charge on any atom is -0.478 e. The molecule has 0 heterocycles. The lowest BCUT2D eigenvalue weighted by Crippen LogP contribution is -2.00. The molecular formula is C10H8BrNO2. The third-order valence-electron chi connectivity index (χ3n) is 1.92. The number of hydrogen-bond acceptors (Lipinski definition) is 2. The molecule has 1 rings (SSSR count). The molecule has 0 fully saturated rings. The number of aromatic carboxylic acids is 1. The van der Waals surface area contributed by atoms with Gasteiger partial charge in [0.2, 0.25) is 0 Å². The van der Waals surface area contributed by atoms with Gasteiger partial charge in [-0.2, -0.15) is 5.26 Å². The molecule has 0 atom stereocenters. The van der Waals surface area contributed by atoms with E-state index in [1.807, 2.05) is 13.0 Å². The highest BCUT2D eigenvalue weighted by Gasteiger charge is 2.11. The number of rotatable bonds is 2. The summed E-state index contributed by atoms with van der Waals surface area (Å²) in [5.41, 5.74) is 1.39. The number of benzene rings is 1. The number of nitriles is 1. The highest BCUT2D eigenvalue weighted by molar-refractivity contribution is 9.10. The maximum atomic E-state index is 10.7. The second-order valence-electron chi connectivity index (χ2n) is 2.75. The van der Waals surface area contributed by atoms with Gasteiger partial charge in [-0.1, -0.05) is 22.9 Å². The van der Waals surface area contributed by atoms with Crippen LogP contribution in [0.2, 0.25) is 0 Å². The van der Waals surface area contributed by atoms with Gasteiger partial charge in [-0.05, 0) is 24.1 Å².